The lowest BCUT2D eigenvalue weighted by atomic mass is 10.1. The van der Waals surface area contributed by atoms with Gasteiger partial charge < -0.3 is 9.47 Å². The zero-order chi connectivity index (χ0) is 16.1. The van der Waals surface area contributed by atoms with Crippen molar-refractivity contribution >= 4 is 11.9 Å². The molecule has 3 rings (SSSR count). The molecule has 0 unspecified atom stereocenters. The van der Waals surface area contributed by atoms with Gasteiger partial charge in [-0.1, -0.05) is 36.4 Å². The maximum atomic E-state index is 12.1. The summed E-state index contributed by atoms with van der Waals surface area (Å²) in [5.74, 6) is -0.0518. The fourth-order valence-corrected chi connectivity index (χ4v) is 2.20. The Morgan fingerprint density at radius 3 is 2.87 bits per heavy atom. The first-order chi connectivity index (χ1) is 11.3. The number of hydrogen-bond acceptors (Lipinski definition) is 5. The third kappa shape index (κ3) is 3.55. The van der Waals surface area contributed by atoms with Gasteiger partial charge in [-0.15, -0.1) is 0 Å². The highest BCUT2D eigenvalue weighted by Gasteiger charge is 2.28. The molecule has 23 heavy (non-hydrogen) atoms. The first kappa shape index (κ1) is 14.8. The van der Waals surface area contributed by atoms with Crippen LogP contribution in [0.2, 0.25) is 0 Å². The van der Waals surface area contributed by atoms with Gasteiger partial charge in [-0.05, 0) is 23.8 Å². The van der Waals surface area contributed by atoms with Crippen LogP contribution in [0.25, 0.3) is 0 Å². The maximum absolute atomic E-state index is 12.1. The van der Waals surface area contributed by atoms with Crippen LogP contribution in [0.1, 0.15) is 16.7 Å². The van der Waals surface area contributed by atoms with E-state index in [2.05, 4.69) is 11.1 Å². The van der Waals surface area contributed by atoms with Gasteiger partial charge in [0.15, 0.2) is 6.04 Å². The Morgan fingerprint density at radius 2 is 2.09 bits per heavy atom. The molecule has 0 radical (unpaired) electrons. The van der Waals surface area contributed by atoms with E-state index in [0.717, 1.165) is 5.56 Å². The first-order valence-corrected chi connectivity index (χ1v) is 7.18. The summed E-state index contributed by atoms with van der Waals surface area (Å²) < 4.78 is 10.7. The van der Waals surface area contributed by atoms with E-state index in [1.807, 2.05) is 30.3 Å². The van der Waals surface area contributed by atoms with Crippen LogP contribution in [0.4, 0.5) is 0 Å². The highest BCUT2D eigenvalue weighted by Crippen LogP contribution is 2.15. The highest BCUT2D eigenvalue weighted by atomic mass is 16.5. The summed E-state index contributed by atoms with van der Waals surface area (Å²) in [5.41, 5.74) is 2.12. The second kappa shape index (κ2) is 6.75. The molecule has 0 saturated carbocycles. The molecular weight excluding hydrogens is 292 g/mol. The third-order valence-corrected chi connectivity index (χ3v) is 3.39. The van der Waals surface area contributed by atoms with Gasteiger partial charge in [0, 0.05) is 5.56 Å². The van der Waals surface area contributed by atoms with Crippen LogP contribution in [-0.4, -0.2) is 24.5 Å². The van der Waals surface area contributed by atoms with Gasteiger partial charge in [0.05, 0.1) is 11.6 Å². The molecule has 0 amide bonds. The van der Waals surface area contributed by atoms with Crippen LogP contribution < -0.4 is 0 Å². The van der Waals surface area contributed by atoms with Crippen molar-refractivity contribution in [3.63, 3.8) is 0 Å². The lowest BCUT2D eigenvalue weighted by molar-refractivity contribution is -0.146. The molecule has 5 nitrogen and oxygen atoms in total. The van der Waals surface area contributed by atoms with E-state index in [1.165, 1.54) is 0 Å². The number of esters is 1. The fourth-order valence-electron chi connectivity index (χ4n) is 2.20. The van der Waals surface area contributed by atoms with E-state index < -0.39 is 12.0 Å². The van der Waals surface area contributed by atoms with E-state index >= 15 is 0 Å². The Kier molecular flexibility index (Phi) is 4.34. The molecule has 0 spiro atoms. The minimum absolute atomic E-state index is 0.153. The van der Waals surface area contributed by atoms with E-state index in [9.17, 15) is 4.79 Å². The molecule has 5 heteroatoms. The summed E-state index contributed by atoms with van der Waals surface area (Å²) in [6, 6.07) is 17.8. The number of carbonyl (C=O) groups is 1. The minimum atomic E-state index is -0.667. The summed E-state index contributed by atoms with van der Waals surface area (Å²) in [6.07, 6.45) is 0. The van der Waals surface area contributed by atoms with Crippen molar-refractivity contribution in [1.29, 1.82) is 5.26 Å². The normalized spacial score (nSPS) is 16.1. The van der Waals surface area contributed by atoms with Gasteiger partial charge in [-0.3, -0.25) is 0 Å². The van der Waals surface area contributed by atoms with Crippen molar-refractivity contribution in [3.8, 4) is 6.07 Å². The van der Waals surface area contributed by atoms with Gasteiger partial charge >= 0.3 is 5.97 Å². The number of aliphatic imine (C=N–C) groups is 1. The molecule has 0 saturated heterocycles. The number of nitrogens with zero attached hydrogens (tertiary/aromatic N) is 2. The molecule has 1 aliphatic rings. The summed E-state index contributed by atoms with van der Waals surface area (Å²) in [5, 5.41) is 8.92. The molecule has 1 aliphatic heterocycles. The van der Waals surface area contributed by atoms with Crippen molar-refractivity contribution in [2.75, 3.05) is 6.61 Å². The molecular formula is C18H14N2O3. The fraction of sp³-hybridized carbons (Fsp3) is 0.167. The lowest BCUT2D eigenvalue weighted by Gasteiger charge is -2.06. The second-order valence-electron chi connectivity index (χ2n) is 5.05. The molecule has 0 fully saturated rings. The minimum Gasteiger partial charge on any atom is -0.475 e. The molecule has 0 aromatic heterocycles. The molecule has 114 valence electrons. The van der Waals surface area contributed by atoms with Gasteiger partial charge in [-0.25, -0.2) is 9.79 Å². The van der Waals surface area contributed by atoms with Crippen molar-refractivity contribution in [2.45, 2.75) is 12.6 Å². The molecule has 2 aromatic rings. The van der Waals surface area contributed by atoms with E-state index in [-0.39, 0.29) is 13.2 Å². The molecule has 1 heterocycles. The number of ether oxygens (including phenoxy) is 2. The molecule has 0 aliphatic carbocycles. The van der Waals surface area contributed by atoms with Crippen LogP contribution in [0.3, 0.4) is 0 Å². The molecule has 2 aromatic carbocycles. The summed E-state index contributed by atoms with van der Waals surface area (Å²) in [4.78, 5) is 16.3. The van der Waals surface area contributed by atoms with Crippen LogP contribution in [-0.2, 0) is 20.9 Å². The Hall–Kier alpha value is -3.13. The van der Waals surface area contributed by atoms with E-state index in [4.69, 9.17) is 14.7 Å². The average Bonchev–Trinajstić information content (AvgIpc) is 3.11. The second-order valence-corrected chi connectivity index (χ2v) is 5.05. The molecule has 0 bridgehead atoms. The summed E-state index contributed by atoms with van der Waals surface area (Å²) in [6.45, 7) is 0.366. The Balaban J connectivity index is 1.64. The molecule has 1 atom stereocenters. The Bertz CT molecular complexity index is 778. The quantitative estimate of drug-likeness (QED) is 0.813. The zero-order valence-electron chi connectivity index (χ0n) is 12.3. The van der Waals surface area contributed by atoms with Crippen LogP contribution >= 0.6 is 0 Å². The predicted octanol–water partition coefficient (Wildman–Crippen LogP) is 2.45. The highest BCUT2D eigenvalue weighted by molar-refractivity contribution is 5.97. The average molecular weight is 306 g/mol. The van der Waals surface area contributed by atoms with Crippen LogP contribution in [0, 0.1) is 11.3 Å². The van der Waals surface area contributed by atoms with Gasteiger partial charge in [0.2, 0.25) is 5.90 Å². The van der Waals surface area contributed by atoms with Gasteiger partial charge in [0.25, 0.3) is 0 Å². The van der Waals surface area contributed by atoms with Gasteiger partial charge in [0.1, 0.15) is 13.2 Å². The van der Waals surface area contributed by atoms with Crippen LogP contribution in [0.5, 0.6) is 0 Å². The van der Waals surface area contributed by atoms with Crippen molar-refractivity contribution < 1.29 is 14.3 Å². The van der Waals surface area contributed by atoms with Gasteiger partial charge in [-0.2, -0.15) is 5.26 Å². The maximum Gasteiger partial charge on any atom is 0.334 e. The predicted molar refractivity (Wildman–Crippen MR) is 83.7 cm³/mol. The SMILES string of the molecule is N#Cc1cccc(C2=N[C@H](C(=O)OCc3ccccc3)CO2)c1. The van der Waals surface area contributed by atoms with E-state index in [1.54, 1.807) is 24.3 Å². The zero-order valence-corrected chi connectivity index (χ0v) is 12.3. The van der Waals surface area contributed by atoms with E-state index in [0.29, 0.717) is 17.0 Å². The smallest absolute Gasteiger partial charge is 0.334 e. The van der Waals surface area contributed by atoms with Crippen LogP contribution in [0.15, 0.2) is 59.6 Å². The Morgan fingerprint density at radius 1 is 1.26 bits per heavy atom. The first-order valence-electron chi connectivity index (χ1n) is 7.18. The number of benzene rings is 2. The van der Waals surface area contributed by atoms with Crippen molar-refractivity contribution in [3.05, 3.63) is 71.3 Å². The number of carbonyl (C=O) groups excluding carboxylic acids is 1. The monoisotopic (exact) mass is 306 g/mol. The lowest BCUT2D eigenvalue weighted by Crippen LogP contribution is -2.22. The topological polar surface area (TPSA) is 71.7 Å². The number of nitriles is 1. The standard InChI is InChI=1S/C18H14N2O3/c19-10-14-7-4-8-15(9-14)17-20-16(12-22-17)18(21)23-11-13-5-2-1-3-6-13/h1-9,16H,11-12H2/t16-/m0/s1. The van der Waals surface area contributed by atoms with Crippen molar-refractivity contribution in [1.82, 2.24) is 0 Å². The molecule has 0 N–H and O–H groups in total. The number of hydrogen-bond donors (Lipinski definition) is 0. The third-order valence-electron chi connectivity index (χ3n) is 3.39. The van der Waals surface area contributed by atoms with Crippen molar-refractivity contribution in [2.24, 2.45) is 4.99 Å². The summed E-state index contributed by atoms with van der Waals surface area (Å²) >= 11 is 0. The Labute approximate surface area is 133 Å². The largest absolute Gasteiger partial charge is 0.475 e. The summed E-state index contributed by atoms with van der Waals surface area (Å²) in [7, 11) is 0. The number of rotatable bonds is 4.